The Kier molecular flexibility index (Phi) is 36.4. The van der Waals surface area contributed by atoms with Crippen molar-refractivity contribution in [1.29, 1.82) is 0 Å². The largest absolute Gasteiger partial charge is 0.481 e. The number of carboxylic acids is 2. The molecule has 0 fully saturated rings. The van der Waals surface area contributed by atoms with Crippen molar-refractivity contribution >= 4 is 24.3 Å². The highest BCUT2D eigenvalue weighted by atomic mass is 35.5. The van der Waals surface area contributed by atoms with Gasteiger partial charge in [0.15, 0.2) is 0 Å². The third kappa shape index (κ3) is 72.3. The Labute approximate surface area is 104 Å². The lowest BCUT2D eigenvalue weighted by Gasteiger charge is -1.79. The first-order valence-electron chi connectivity index (χ1n) is 5.39. The molecule has 0 heterocycles. The molecule has 0 aliphatic heterocycles. The topological polar surface area (TPSA) is 74.6 Å². The molecule has 0 aliphatic carbocycles. The predicted octanol–water partition coefficient (Wildman–Crippen LogP) is 3.58. The molecular weight excluding hydrogens is 232 g/mol. The Bertz CT molecular complexity index is 133. The summed E-state index contributed by atoms with van der Waals surface area (Å²) in [7, 11) is 0. The van der Waals surface area contributed by atoms with Gasteiger partial charge in [0.1, 0.15) is 0 Å². The van der Waals surface area contributed by atoms with Crippen LogP contribution in [0.2, 0.25) is 0 Å². The van der Waals surface area contributed by atoms with Crippen molar-refractivity contribution < 1.29 is 19.8 Å². The Morgan fingerprint density at radius 3 is 1.00 bits per heavy atom. The van der Waals surface area contributed by atoms with Crippen molar-refractivity contribution in [2.24, 2.45) is 0 Å². The van der Waals surface area contributed by atoms with Gasteiger partial charge in [-0.15, -0.1) is 12.4 Å². The first-order chi connectivity index (χ1) is 6.95. The van der Waals surface area contributed by atoms with Gasteiger partial charge in [-0.3, -0.25) is 9.59 Å². The average Bonchev–Trinajstić information content (AvgIpc) is 2.05. The zero-order valence-electron chi connectivity index (χ0n) is 10.7. The SMILES string of the molecule is CCC.CCCC(=O)O.CCCC(=O)O.Cl. The van der Waals surface area contributed by atoms with Gasteiger partial charge in [0.05, 0.1) is 0 Å². The molecule has 4 nitrogen and oxygen atoms in total. The molecular formula is C11H25ClO4. The molecule has 16 heavy (non-hydrogen) atoms. The number of hydrogen-bond donors (Lipinski definition) is 2. The maximum atomic E-state index is 9.60. The maximum Gasteiger partial charge on any atom is 0.303 e. The number of carboxylic acid groups (broad SMARTS) is 2. The van der Waals surface area contributed by atoms with Crippen molar-refractivity contribution in [3.05, 3.63) is 0 Å². The molecule has 0 rings (SSSR count). The standard InChI is InChI=1S/2C4H8O2.C3H8.ClH/c2*1-2-3-4(5)6;1-3-2;/h2*2-3H2,1H3,(H,5,6);3H2,1-2H3;1H. The van der Waals surface area contributed by atoms with Crippen molar-refractivity contribution in [2.75, 3.05) is 0 Å². The lowest BCUT2D eigenvalue weighted by Crippen LogP contribution is -1.90. The highest BCUT2D eigenvalue weighted by Crippen LogP contribution is 1.82. The van der Waals surface area contributed by atoms with Gasteiger partial charge in [-0.1, -0.05) is 34.1 Å². The van der Waals surface area contributed by atoms with E-state index in [0.717, 1.165) is 12.8 Å². The molecule has 100 valence electrons. The highest BCUT2D eigenvalue weighted by Gasteiger charge is 1.88. The zero-order valence-corrected chi connectivity index (χ0v) is 11.5. The first kappa shape index (κ1) is 24.5. The van der Waals surface area contributed by atoms with E-state index in [1.165, 1.54) is 6.42 Å². The predicted molar refractivity (Wildman–Crippen MR) is 68.3 cm³/mol. The summed E-state index contributed by atoms with van der Waals surface area (Å²) >= 11 is 0. The Morgan fingerprint density at radius 2 is 1.00 bits per heavy atom. The maximum absolute atomic E-state index is 9.60. The average molecular weight is 257 g/mol. The molecule has 0 amide bonds. The van der Waals surface area contributed by atoms with E-state index in [2.05, 4.69) is 13.8 Å². The Morgan fingerprint density at radius 1 is 0.812 bits per heavy atom. The van der Waals surface area contributed by atoms with E-state index in [0.29, 0.717) is 12.8 Å². The molecule has 0 unspecified atom stereocenters. The van der Waals surface area contributed by atoms with Crippen LogP contribution in [0.15, 0.2) is 0 Å². The van der Waals surface area contributed by atoms with Crippen LogP contribution in [0.25, 0.3) is 0 Å². The lowest BCUT2D eigenvalue weighted by atomic mass is 10.4. The van der Waals surface area contributed by atoms with Crippen molar-refractivity contribution in [3.63, 3.8) is 0 Å². The van der Waals surface area contributed by atoms with Gasteiger partial charge in [-0.2, -0.15) is 0 Å². The molecule has 0 atom stereocenters. The second-order valence-corrected chi connectivity index (χ2v) is 2.99. The van der Waals surface area contributed by atoms with Crippen LogP contribution in [0.1, 0.15) is 59.8 Å². The van der Waals surface area contributed by atoms with E-state index in [9.17, 15) is 9.59 Å². The minimum absolute atomic E-state index is 0. The van der Waals surface area contributed by atoms with Crippen LogP contribution in [0.5, 0.6) is 0 Å². The van der Waals surface area contributed by atoms with Crippen LogP contribution in [-0.4, -0.2) is 22.2 Å². The summed E-state index contributed by atoms with van der Waals surface area (Å²) in [6.07, 6.45) is 3.30. The van der Waals surface area contributed by atoms with Gasteiger partial charge < -0.3 is 10.2 Å². The van der Waals surface area contributed by atoms with Crippen LogP contribution in [0, 0.1) is 0 Å². The molecule has 0 saturated heterocycles. The van der Waals surface area contributed by atoms with Crippen LogP contribution in [0.4, 0.5) is 0 Å². The van der Waals surface area contributed by atoms with Crippen molar-refractivity contribution in [1.82, 2.24) is 0 Å². The molecule has 0 aliphatic rings. The zero-order chi connectivity index (χ0) is 12.7. The molecule has 0 radical (unpaired) electrons. The number of halogens is 1. The van der Waals surface area contributed by atoms with Gasteiger partial charge >= 0.3 is 11.9 Å². The molecule has 2 N–H and O–H groups in total. The molecule has 0 saturated carbocycles. The van der Waals surface area contributed by atoms with Crippen molar-refractivity contribution in [3.8, 4) is 0 Å². The number of hydrogen-bond acceptors (Lipinski definition) is 2. The fraction of sp³-hybridized carbons (Fsp3) is 0.818. The summed E-state index contributed by atoms with van der Waals surface area (Å²) < 4.78 is 0. The van der Waals surface area contributed by atoms with Crippen LogP contribution in [0.3, 0.4) is 0 Å². The summed E-state index contributed by atoms with van der Waals surface area (Å²) in [6.45, 7) is 7.93. The second-order valence-electron chi connectivity index (χ2n) is 2.99. The van der Waals surface area contributed by atoms with Gasteiger partial charge in [-0.05, 0) is 12.8 Å². The summed E-state index contributed by atoms with van der Waals surface area (Å²) in [4.78, 5) is 19.2. The van der Waals surface area contributed by atoms with Crippen molar-refractivity contribution in [2.45, 2.75) is 59.8 Å². The number of rotatable bonds is 4. The van der Waals surface area contributed by atoms with E-state index in [-0.39, 0.29) is 12.4 Å². The van der Waals surface area contributed by atoms with E-state index < -0.39 is 11.9 Å². The number of carbonyl (C=O) groups is 2. The summed E-state index contributed by atoms with van der Waals surface area (Å²) in [6, 6.07) is 0. The minimum Gasteiger partial charge on any atom is -0.481 e. The van der Waals surface area contributed by atoms with Gasteiger partial charge in [-0.25, -0.2) is 0 Å². The van der Waals surface area contributed by atoms with Crippen LogP contribution >= 0.6 is 12.4 Å². The first-order valence-corrected chi connectivity index (χ1v) is 5.39. The smallest absolute Gasteiger partial charge is 0.303 e. The fourth-order valence-electron chi connectivity index (χ4n) is 0.428. The van der Waals surface area contributed by atoms with Gasteiger partial charge in [0.25, 0.3) is 0 Å². The van der Waals surface area contributed by atoms with Gasteiger partial charge in [0, 0.05) is 12.8 Å². The highest BCUT2D eigenvalue weighted by molar-refractivity contribution is 5.85. The molecule has 0 aromatic heterocycles. The molecule has 0 aromatic rings. The van der Waals surface area contributed by atoms with Crippen LogP contribution < -0.4 is 0 Å². The fourth-order valence-corrected chi connectivity index (χ4v) is 0.428. The lowest BCUT2D eigenvalue weighted by molar-refractivity contribution is -0.138. The Balaban J connectivity index is -0.0000000692. The minimum atomic E-state index is -0.711. The molecule has 0 bridgehead atoms. The van der Waals surface area contributed by atoms with E-state index in [1.54, 1.807) is 0 Å². The quantitative estimate of drug-likeness (QED) is 0.806. The normalized spacial score (nSPS) is 7.25. The molecule has 0 spiro atoms. The van der Waals surface area contributed by atoms with Gasteiger partial charge in [0.2, 0.25) is 0 Å². The third-order valence-electron chi connectivity index (χ3n) is 0.928. The summed E-state index contributed by atoms with van der Waals surface area (Å²) in [5.41, 5.74) is 0. The van der Waals surface area contributed by atoms with E-state index in [1.807, 2.05) is 13.8 Å². The molecule has 5 heteroatoms. The van der Waals surface area contributed by atoms with E-state index in [4.69, 9.17) is 10.2 Å². The Hall–Kier alpha value is -0.770. The van der Waals surface area contributed by atoms with E-state index >= 15 is 0 Å². The number of aliphatic carboxylic acids is 2. The second kappa shape index (κ2) is 23.8. The van der Waals surface area contributed by atoms with Crippen LogP contribution in [-0.2, 0) is 9.59 Å². The third-order valence-corrected chi connectivity index (χ3v) is 0.928. The monoisotopic (exact) mass is 256 g/mol. The summed E-state index contributed by atoms with van der Waals surface area (Å²) in [5.74, 6) is -1.42. The summed E-state index contributed by atoms with van der Waals surface area (Å²) in [5, 5.41) is 15.8. The molecule has 0 aromatic carbocycles.